The number of nitrogens with zero attached hydrogens (tertiary/aromatic N) is 1. The van der Waals surface area contributed by atoms with E-state index in [4.69, 9.17) is 0 Å². The summed E-state index contributed by atoms with van der Waals surface area (Å²) in [6.45, 7) is 17.7. The van der Waals surface area contributed by atoms with E-state index in [1.54, 1.807) is 0 Å². The zero-order valence-corrected chi connectivity index (χ0v) is 14.0. The Kier molecular flexibility index (Phi) is 7.38. The third-order valence-corrected chi connectivity index (χ3v) is 4.79. The van der Waals surface area contributed by atoms with E-state index in [1.807, 2.05) is 13.8 Å². The Balaban J connectivity index is 0.000000861. The topological polar surface area (TPSA) is 15.3 Å². The molecule has 19 heavy (non-hydrogen) atoms. The van der Waals surface area contributed by atoms with Crippen LogP contribution in [0.15, 0.2) is 0 Å². The lowest BCUT2D eigenvalue weighted by molar-refractivity contribution is 0.0961. The molecule has 0 bridgehead atoms. The van der Waals surface area contributed by atoms with Crippen LogP contribution in [0, 0.1) is 17.3 Å². The smallest absolute Gasteiger partial charge is 0.00106 e. The summed E-state index contributed by atoms with van der Waals surface area (Å²) in [6, 6.07) is 0. The van der Waals surface area contributed by atoms with Gasteiger partial charge in [-0.15, -0.1) is 0 Å². The summed E-state index contributed by atoms with van der Waals surface area (Å²) in [6.07, 6.45) is 5.60. The third-order valence-electron chi connectivity index (χ3n) is 4.79. The lowest BCUT2D eigenvalue weighted by Crippen LogP contribution is -2.42. The average molecular weight is 268 g/mol. The fourth-order valence-corrected chi connectivity index (χ4v) is 3.41. The highest BCUT2D eigenvalue weighted by Crippen LogP contribution is 2.34. The van der Waals surface area contributed by atoms with Gasteiger partial charge in [-0.2, -0.15) is 0 Å². The Morgan fingerprint density at radius 1 is 0.947 bits per heavy atom. The fraction of sp³-hybridized carbons (Fsp3) is 1.00. The first-order chi connectivity index (χ1) is 9.05. The minimum atomic E-state index is 0.515. The Morgan fingerprint density at radius 2 is 1.47 bits per heavy atom. The Bertz CT molecular complexity index is 218. The molecule has 2 aliphatic rings. The van der Waals surface area contributed by atoms with E-state index in [9.17, 15) is 0 Å². The molecule has 2 heterocycles. The number of rotatable bonds is 2. The van der Waals surface area contributed by atoms with Crippen molar-refractivity contribution in [1.82, 2.24) is 10.2 Å². The second-order valence-corrected chi connectivity index (χ2v) is 7.13. The van der Waals surface area contributed by atoms with Crippen LogP contribution in [0.4, 0.5) is 0 Å². The number of hydrogen-bond acceptors (Lipinski definition) is 2. The van der Waals surface area contributed by atoms with Crippen LogP contribution in [-0.2, 0) is 0 Å². The van der Waals surface area contributed by atoms with Crippen LogP contribution in [0.25, 0.3) is 0 Å². The lowest BCUT2D eigenvalue weighted by atomic mass is 9.75. The van der Waals surface area contributed by atoms with E-state index >= 15 is 0 Å². The van der Waals surface area contributed by atoms with Crippen molar-refractivity contribution in [3.8, 4) is 0 Å². The molecular weight excluding hydrogens is 232 g/mol. The number of likely N-dealkylation sites (tertiary alicyclic amines) is 1. The van der Waals surface area contributed by atoms with Gasteiger partial charge in [-0.25, -0.2) is 0 Å². The van der Waals surface area contributed by atoms with Gasteiger partial charge in [0.15, 0.2) is 0 Å². The molecule has 2 fully saturated rings. The van der Waals surface area contributed by atoms with Crippen LogP contribution in [0.1, 0.15) is 60.3 Å². The Morgan fingerprint density at radius 3 is 1.95 bits per heavy atom. The minimum Gasteiger partial charge on any atom is -0.317 e. The van der Waals surface area contributed by atoms with Crippen molar-refractivity contribution < 1.29 is 0 Å². The van der Waals surface area contributed by atoms with Crippen LogP contribution < -0.4 is 5.32 Å². The molecule has 0 aromatic carbocycles. The maximum atomic E-state index is 3.46. The van der Waals surface area contributed by atoms with Crippen molar-refractivity contribution in [3.63, 3.8) is 0 Å². The van der Waals surface area contributed by atoms with Crippen molar-refractivity contribution in [2.24, 2.45) is 17.3 Å². The monoisotopic (exact) mass is 268 g/mol. The maximum absolute atomic E-state index is 3.46. The van der Waals surface area contributed by atoms with Gasteiger partial charge >= 0.3 is 0 Å². The van der Waals surface area contributed by atoms with Crippen LogP contribution in [0.3, 0.4) is 0 Å². The summed E-state index contributed by atoms with van der Waals surface area (Å²) < 4.78 is 0. The summed E-state index contributed by atoms with van der Waals surface area (Å²) in [4.78, 5) is 2.72. The van der Waals surface area contributed by atoms with E-state index in [0.717, 1.165) is 11.8 Å². The molecule has 0 saturated carbocycles. The van der Waals surface area contributed by atoms with Gasteiger partial charge in [-0.1, -0.05) is 34.6 Å². The maximum Gasteiger partial charge on any atom is 0.00106 e. The normalized spacial score (nSPS) is 23.8. The molecule has 0 aliphatic carbocycles. The Hall–Kier alpha value is -0.0800. The fourth-order valence-electron chi connectivity index (χ4n) is 3.41. The van der Waals surface area contributed by atoms with Crippen molar-refractivity contribution in [1.29, 1.82) is 0 Å². The van der Waals surface area contributed by atoms with Gasteiger partial charge in [0.05, 0.1) is 0 Å². The van der Waals surface area contributed by atoms with Gasteiger partial charge < -0.3 is 10.2 Å². The molecule has 2 heteroatoms. The molecule has 0 radical (unpaired) electrons. The molecule has 0 aromatic heterocycles. The lowest BCUT2D eigenvalue weighted by Gasteiger charge is -2.40. The van der Waals surface area contributed by atoms with Gasteiger partial charge in [0, 0.05) is 6.54 Å². The van der Waals surface area contributed by atoms with Crippen molar-refractivity contribution in [3.05, 3.63) is 0 Å². The van der Waals surface area contributed by atoms with Gasteiger partial charge in [-0.05, 0) is 69.1 Å². The molecule has 0 unspecified atom stereocenters. The molecule has 2 saturated heterocycles. The SMILES string of the molecule is CC.CC(C)(C)C1CCN(CC2CCNCC2)CC1. The zero-order valence-electron chi connectivity index (χ0n) is 14.0. The van der Waals surface area contributed by atoms with Crippen molar-refractivity contribution in [2.45, 2.75) is 60.3 Å². The highest BCUT2D eigenvalue weighted by molar-refractivity contribution is 4.82. The number of nitrogens with one attached hydrogen (secondary N) is 1. The first kappa shape index (κ1) is 17.0. The predicted octanol–water partition coefficient (Wildman–Crippen LogP) is 3.77. The molecular formula is C17H36N2. The summed E-state index contributed by atoms with van der Waals surface area (Å²) >= 11 is 0. The van der Waals surface area contributed by atoms with Gasteiger partial charge in [-0.3, -0.25) is 0 Å². The first-order valence-electron chi connectivity index (χ1n) is 8.49. The summed E-state index contributed by atoms with van der Waals surface area (Å²) in [5.74, 6) is 1.90. The molecule has 0 amide bonds. The van der Waals surface area contributed by atoms with Crippen LogP contribution in [0.5, 0.6) is 0 Å². The molecule has 114 valence electrons. The summed E-state index contributed by atoms with van der Waals surface area (Å²) in [7, 11) is 0. The summed E-state index contributed by atoms with van der Waals surface area (Å²) in [5.41, 5.74) is 0.515. The largest absolute Gasteiger partial charge is 0.317 e. The number of piperidine rings is 2. The minimum absolute atomic E-state index is 0.515. The second-order valence-electron chi connectivity index (χ2n) is 7.13. The molecule has 2 aliphatic heterocycles. The molecule has 1 N–H and O–H groups in total. The zero-order chi connectivity index (χ0) is 14.3. The second kappa shape index (κ2) is 8.26. The summed E-state index contributed by atoms with van der Waals surface area (Å²) in [5, 5.41) is 3.46. The highest BCUT2D eigenvalue weighted by Gasteiger charge is 2.29. The van der Waals surface area contributed by atoms with Crippen LogP contribution in [-0.4, -0.2) is 37.6 Å². The third kappa shape index (κ3) is 5.83. The van der Waals surface area contributed by atoms with E-state index < -0.39 is 0 Å². The quantitative estimate of drug-likeness (QED) is 0.820. The molecule has 0 spiro atoms. The average Bonchev–Trinajstić information content (AvgIpc) is 2.42. The highest BCUT2D eigenvalue weighted by atomic mass is 15.1. The number of hydrogen-bond donors (Lipinski definition) is 1. The van der Waals surface area contributed by atoms with E-state index in [1.165, 1.54) is 58.4 Å². The van der Waals surface area contributed by atoms with E-state index in [2.05, 4.69) is 31.0 Å². The first-order valence-corrected chi connectivity index (χ1v) is 8.49. The standard InChI is InChI=1S/C15H30N2.C2H6/c1-15(2,3)14-6-10-17(11-7-14)12-13-4-8-16-9-5-13;1-2/h13-14,16H,4-12H2,1-3H3;1-2H3. The van der Waals surface area contributed by atoms with E-state index in [-0.39, 0.29) is 0 Å². The molecule has 0 aromatic rings. The van der Waals surface area contributed by atoms with Crippen LogP contribution >= 0.6 is 0 Å². The molecule has 0 atom stereocenters. The van der Waals surface area contributed by atoms with Crippen molar-refractivity contribution in [2.75, 3.05) is 32.7 Å². The Labute approximate surface area is 121 Å². The van der Waals surface area contributed by atoms with Crippen LogP contribution in [0.2, 0.25) is 0 Å². The van der Waals surface area contributed by atoms with E-state index in [0.29, 0.717) is 5.41 Å². The predicted molar refractivity (Wildman–Crippen MR) is 85.6 cm³/mol. The molecule has 2 nitrogen and oxygen atoms in total. The van der Waals surface area contributed by atoms with Crippen molar-refractivity contribution >= 4 is 0 Å². The van der Waals surface area contributed by atoms with Gasteiger partial charge in [0.25, 0.3) is 0 Å². The molecule has 2 rings (SSSR count). The van der Waals surface area contributed by atoms with Gasteiger partial charge in [0.2, 0.25) is 0 Å². The van der Waals surface area contributed by atoms with Gasteiger partial charge in [0.1, 0.15) is 0 Å².